The lowest BCUT2D eigenvalue weighted by molar-refractivity contribution is -0.122. The third kappa shape index (κ3) is 2.73. The van der Waals surface area contributed by atoms with E-state index >= 15 is 0 Å². The quantitative estimate of drug-likeness (QED) is 0.838. The lowest BCUT2D eigenvalue weighted by Gasteiger charge is -2.12. The second-order valence-electron chi connectivity index (χ2n) is 4.30. The number of hydrogen-bond donors (Lipinski definition) is 1. The number of carbonyl (C=O) groups is 1. The summed E-state index contributed by atoms with van der Waals surface area (Å²) in [4.78, 5) is 11.8. The molecule has 1 amide bonds. The Morgan fingerprint density at radius 2 is 2.33 bits per heavy atom. The fourth-order valence-electron chi connectivity index (χ4n) is 1.74. The molecule has 0 aliphatic heterocycles. The van der Waals surface area contributed by atoms with Crippen molar-refractivity contribution >= 4 is 5.91 Å². The van der Waals surface area contributed by atoms with Gasteiger partial charge in [-0.3, -0.25) is 9.48 Å². The van der Waals surface area contributed by atoms with Crippen LogP contribution < -0.4 is 5.32 Å². The molecule has 18 heavy (non-hydrogen) atoms. The van der Waals surface area contributed by atoms with Gasteiger partial charge in [0.15, 0.2) is 5.82 Å². The zero-order valence-electron chi connectivity index (χ0n) is 10.7. The van der Waals surface area contributed by atoms with Crippen molar-refractivity contribution in [3.63, 3.8) is 0 Å². The largest absolute Gasteiger partial charge is 0.345 e. The molecule has 0 aliphatic rings. The van der Waals surface area contributed by atoms with E-state index in [1.807, 2.05) is 27.1 Å². The highest BCUT2D eigenvalue weighted by molar-refractivity contribution is 5.75. The van der Waals surface area contributed by atoms with Crippen molar-refractivity contribution in [3.05, 3.63) is 30.1 Å². The summed E-state index contributed by atoms with van der Waals surface area (Å²) in [5, 5.41) is 14.7. The van der Waals surface area contributed by atoms with Crippen molar-refractivity contribution in [3.8, 4) is 0 Å². The van der Waals surface area contributed by atoms with E-state index in [1.54, 1.807) is 21.8 Å². The van der Waals surface area contributed by atoms with Crippen LogP contribution in [0.25, 0.3) is 0 Å². The number of aryl methyl sites for hydroxylation is 2. The maximum atomic E-state index is 11.8. The first kappa shape index (κ1) is 12.3. The first-order valence-electron chi connectivity index (χ1n) is 5.68. The maximum absolute atomic E-state index is 11.8. The molecule has 0 bridgehead atoms. The number of rotatable bonds is 4. The molecule has 7 heteroatoms. The molecule has 0 unspecified atom stereocenters. The van der Waals surface area contributed by atoms with Crippen molar-refractivity contribution in [1.29, 1.82) is 0 Å². The van der Waals surface area contributed by atoms with Gasteiger partial charge < -0.3 is 9.88 Å². The van der Waals surface area contributed by atoms with Gasteiger partial charge in [-0.2, -0.15) is 5.10 Å². The Labute approximate surface area is 105 Å². The van der Waals surface area contributed by atoms with Crippen LogP contribution in [-0.4, -0.2) is 30.5 Å². The summed E-state index contributed by atoms with van der Waals surface area (Å²) in [6.07, 6.45) is 5.15. The number of nitrogens with one attached hydrogen (secondary N) is 1. The summed E-state index contributed by atoms with van der Waals surface area (Å²) in [5.41, 5.74) is 1.03. The predicted octanol–water partition coefficient (Wildman–Crippen LogP) is 0.197. The summed E-state index contributed by atoms with van der Waals surface area (Å²) < 4.78 is 3.39. The Morgan fingerprint density at radius 3 is 2.89 bits per heavy atom. The van der Waals surface area contributed by atoms with Crippen LogP contribution in [0.3, 0.4) is 0 Å². The smallest absolute Gasteiger partial charge is 0.242 e. The van der Waals surface area contributed by atoms with Crippen molar-refractivity contribution in [2.75, 3.05) is 0 Å². The van der Waals surface area contributed by atoms with E-state index in [1.165, 1.54) is 0 Å². The van der Waals surface area contributed by atoms with Crippen LogP contribution >= 0.6 is 0 Å². The number of carbonyl (C=O) groups excluding carboxylic acids is 1. The predicted molar refractivity (Wildman–Crippen MR) is 64.5 cm³/mol. The van der Waals surface area contributed by atoms with E-state index in [9.17, 15) is 4.79 Å². The molecule has 0 saturated carbocycles. The molecule has 0 radical (unpaired) electrons. The highest BCUT2D eigenvalue weighted by atomic mass is 16.2. The Morgan fingerprint density at radius 1 is 1.56 bits per heavy atom. The molecule has 2 heterocycles. The average molecular weight is 248 g/mol. The van der Waals surface area contributed by atoms with Gasteiger partial charge in [0, 0.05) is 13.2 Å². The zero-order chi connectivity index (χ0) is 13.1. The second-order valence-corrected chi connectivity index (χ2v) is 4.30. The molecule has 0 aromatic carbocycles. The van der Waals surface area contributed by atoms with Crippen LogP contribution in [0.1, 0.15) is 24.4 Å². The van der Waals surface area contributed by atoms with Gasteiger partial charge in [-0.15, -0.1) is 10.2 Å². The van der Waals surface area contributed by atoms with E-state index < -0.39 is 0 Å². The Bertz CT molecular complexity index is 543. The molecule has 0 fully saturated rings. The number of nitrogens with zero attached hydrogens (tertiary/aromatic N) is 5. The van der Waals surface area contributed by atoms with Crippen molar-refractivity contribution in [2.24, 2.45) is 7.05 Å². The SMILES string of the molecule is Cc1cnn(CC(=O)N[C@@H](C)c2nncn2C)c1. The minimum absolute atomic E-state index is 0.103. The van der Waals surface area contributed by atoms with Gasteiger partial charge in [0.2, 0.25) is 5.91 Å². The van der Waals surface area contributed by atoms with Crippen molar-refractivity contribution in [1.82, 2.24) is 29.9 Å². The van der Waals surface area contributed by atoms with Gasteiger partial charge in [-0.1, -0.05) is 0 Å². The Kier molecular flexibility index (Phi) is 3.40. The van der Waals surface area contributed by atoms with Crippen LogP contribution in [0, 0.1) is 6.92 Å². The van der Waals surface area contributed by atoms with Gasteiger partial charge in [-0.05, 0) is 19.4 Å². The van der Waals surface area contributed by atoms with Crippen LogP contribution in [0.4, 0.5) is 0 Å². The first-order chi connectivity index (χ1) is 8.56. The van der Waals surface area contributed by atoms with Crippen molar-refractivity contribution < 1.29 is 4.79 Å². The molecule has 0 saturated heterocycles. The average Bonchev–Trinajstić information content (AvgIpc) is 2.87. The normalized spacial score (nSPS) is 12.4. The number of amides is 1. The standard InChI is InChI=1S/C11H16N6O/c1-8-4-13-17(5-8)6-10(18)14-9(2)11-15-12-7-16(11)3/h4-5,7,9H,6H2,1-3H3,(H,14,18)/t9-/m0/s1. The van der Waals surface area contributed by atoms with Crippen LogP contribution in [0.15, 0.2) is 18.7 Å². The molecule has 96 valence electrons. The Hall–Kier alpha value is -2.18. The molecule has 0 spiro atoms. The molecule has 2 aromatic heterocycles. The summed E-state index contributed by atoms with van der Waals surface area (Å²) in [5.74, 6) is 0.619. The Balaban J connectivity index is 1.93. The topological polar surface area (TPSA) is 77.6 Å². The maximum Gasteiger partial charge on any atom is 0.242 e. The van der Waals surface area contributed by atoms with Crippen LogP contribution in [0.2, 0.25) is 0 Å². The highest BCUT2D eigenvalue weighted by Crippen LogP contribution is 2.06. The van der Waals surface area contributed by atoms with Gasteiger partial charge in [-0.25, -0.2) is 0 Å². The van der Waals surface area contributed by atoms with Gasteiger partial charge in [0.1, 0.15) is 12.9 Å². The minimum atomic E-state index is -0.179. The summed E-state index contributed by atoms with van der Waals surface area (Å²) in [7, 11) is 1.84. The molecular weight excluding hydrogens is 232 g/mol. The van der Waals surface area contributed by atoms with E-state index in [2.05, 4.69) is 20.6 Å². The zero-order valence-corrected chi connectivity index (χ0v) is 10.7. The van der Waals surface area contributed by atoms with Crippen molar-refractivity contribution in [2.45, 2.75) is 26.4 Å². The number of hydrogen-bond acceptors (Lipinski definition) is 4. The summed E-state index contributed by atoms with van der Waals surface area (Å²) in [6.45, 7) is 4.01. The highest BCUT2D eigenvalue weighted by Gasteiger charge is 2.14. The van der Waals surface area contributed by atoms with Gasteiger partial charge >= 0.3 is 0 Å². The molecule has 2 rings (SSSR count). The lowest BCUT2D eigenvalue weighted by Crippen LogP contribution is -2.31. The third-order valence-corrected chi connectivity index (χ3v) is 2.58. The monoisotopic (exact) mass is 248 g/mol. The van der Waals surface area contributed by atoms with E-state index in [-0.39, 0.29) is 18.5 Å². The molecule has 0 aliphatic carbocycles. The van der Waals surface area contributed by atoms with Gasteiger partial charge in [0.05, 0.1) is 12.2 Å². The number of aromatic nitrogens is 5. The van der Waals surface area contributed by atoms with Crippen LogP contribution in [-0.2, 0) is 18.4 Å². The van der Waals surface area contributed by atoms with Gasteiger partial charge in [0.25, 0.3) is 0 Å². The van der Waals surface area contributed by atoms with E-state index in [0.717, 1.165) is 11.4 Å². The van der Waals surface area contributed by atoms with E-state index in [4.69, 9.17) is 0 Å². The molecular formula is C11H16N6O. The summed E-state index contributed by atoms with van der Waals surface area (Å²) >= 11 is 0. The molecule has 1 atom stereocenters. The third-order valence-electron chi connectivity index (χ3n) is 2.58. The first-order valence-corrected chi connectivity index (χ1v) is 5.68. The fraction of sp³-hybridized carbons (Fsp3) is 0.455. The van der Waals surface area contributed by atoms with E-state index in [0.29, 0.717) is 0 Å². The minimum Gasteiger partial charge on any atom is -0.345 e. The molecule has 2 aromatic rings. The molecule has 1 N–H and O–H groups in total. The summed E-state index contributed by atoms with van der Waals surface area (Å²) in [6, 6.07) is -0.179. The molecule has 7 nitrogen and oxygen atoms in total. The lowest BCUT2D eigenvalue weighted by atomic mass is 10.3. The fourth-order valence-corrected chi connectivity index (χ4v) is 1.74. The second kappa shape index (κ2) is 4.99. The van der Waals surface area contributed by atoms with Crippen LogP contribution in [0.5, 0.6) is 0 Å².